The van der Waals surface area contributed by atoms with Crippen LogP contribution in [0.3, 0.4) is 0 Å². The van der Waals surface area contributed by atoms with Gasteiger partial charge >= 0.3 is 39.3 Å². The van der Waals surface area contributed by atoms with Gasteiger partial charge in [0.2, 0.25) is 0 Å². The van der Waals surface area contributed by atoms with E-state index in [1.807, 2.05) is 12.3 Å². The van der Waals surface area contributed by atoms with Gasteiger partial charge in [-0.05, 0) is 23.8 Å². The number of alkyl halides is 1. The fraction of sp³-hybridized carbons (Fsp3) is 0.500. The molecule has 1 heterocycles. The molecule has 1 saturated heterocycles. The Hall–Kier alpha value is 0.594. The molecule has 0 saturated carbocycles. The van der Waals surface area contributed by atoms with E-state index in [-0.39, 0.29) is 11.5 Å². The second kappa shape index (κ2) is 10.3. The number of para-hydroxylation sites is 1. The van der Waals surface area contributed by atoms with Crippen LogP contribution in [0.15, 0.2) is 29.3 Å². The Morgan fingerprint density at radius 1 is 1.35 bits per heavy atom. The van der Waals surface area contributed by atoms with Crippen LogP contribution in [-0.4, -0.2) is 17.8 Å². The summed E-state index contributed by atoms with van der Waals surface area (Å²) in [6, 6.07) is 8.46. The first-order chi connectivity index (χ1) is 9.58. The van der Waals surface area contributed by atoms with Crippen molar-refractivity contribution >= 4 is 52.0 Å². The average Bonchev–Trinajstić information content (AvgIpc) is 2.83. The van der Waals surface area contributed by atoms with Gasteiger partial charge in [-0.3, -0.25) is 4.99 Å². The predicted octanol–water partition coefficient (Wildman–Crippen LogP) is 6.30. The van der Waals surface area contributed by atoms with E-state index in [4.69, 9.17) is 11.6 Å². The summed E-state index contributed by atoms with van der Waals surface area (Å²) in [6.07, 6.45) is 3.91. The van der Waals surface area contributed by atoms with Crippen molar-refractivity contribution in [2.75, 3.05) is 0 Å². The molecular formula is C14H18Br2ClN2Ni. The molecule has 2 rings (SSSR count). The number of hydrogen-bond acceptors (Lipinski definition) is 1. The first kappa shape index (κ1) is 18.6. The van der Waals surface area contributed by atoms with Gasteiger partial charge in [0.1, 0.15) is 0 Å². The van der Waals surface area contributed by atoms with Crippen LogP contribution >= 0.6 is 40.1 Å². The Labute approximate surface area is 146 Å². The molecular weight excluding hydrogens is 450 g/mol. The van der Waals surface area contributed by atoms with Gasteiger partial charge in [-0.15, -0.1) is 11.6 Å². The summed E-state index contributed by atoms with van der Waals surface area (Å²) in [4.78, 5) is 4.57. The molecule has 115 valence electrons. The number of nitrogens with zero attached hydrogens (tertiary/aromatic N) is 2. The van der Waals surface area contributed by atoms with Crippen molar-refractivity contribution in [1.82, 2.24) is 0 Å². The first-order valence-electron chi connectivity index (χ1n) is 6.38. The Kier molecular flexibility index (Phi) is 9.64. The summed E-state index contributed by atoms with van der Waals surface area (Å²) < 4.78 is 0. The number of halogens is 3. The second-order valence-corrected chi connectivity index (χ2v) is 10.3. The third-order valence-electron chi connectivity index (χ3n) is 3.00. The fourth-order valence-electron chi connectivity index (χ4n) is 2.04. The summed E-state index contributed by atoms with van der Waals surface area (Å²) in [6.45, 7) is 4.37. The molecule has 0 radical (unpaired) electrons. The SMILES string of the molecule is CC(C)c1ccccc1N=CC1CCC(Cl)[N-]1.[Br][Ni+][Br]. The van der Waals surface area contributed by atoms with Gasteiger partial charge in [-0.2, -0.15) is 0 Å². The summed E-state index contributed by atoms with van der Waals surface area (Å²) >= 11 is 11.9. The van der Waals surface area contributed by atoms with Crippen molar-refractivity contribution in [1.29, 1.82) is 0 Å². The first-order valence-corrected chi connectivity index (χ1v) is 11.7. The molecule has 0 aliphatic carbocycles. The Bertz CT molecular complexity index is 429. The van der Waals surface area contributed by atoms with Gasteiger partial charge in [0.05, 0.1) is 5.69 Å². The monoisotopic (exact) mass is 465 g/mol. The van der Waals surface area contributed by atoms with Gasteiger partial charge < -0.3 is 5.32 Å². The molecule has 1 aliphatic rings. The minimum atomic E-state index is -0.0215. The Morgan fingerprint density at radius 2 is 2.00 bits per heavy atom. The van der Waals surface area contributed by atoms with Crippen molar-refractivity contribution < 1.29 is 10.9 Å². The summed E-state index contributed by atoms with van der Waals surface area (Å²) in [7, 11) is 1.25. The minimum absolute atomic E-state index is 0.0215. The molecule has 1 aromatic rings. The maximum absolute atomic E-state index is 5.94. The van der Waals surface area contributed by atoms with Crippen LogP contribution < -0.4 is 0 Å². The van der Waals surface area contributed by atoms with Crippen LogP contribution in [0.4, 0.5) is 5.69 Å². The predicted molar refractivity (Wildman–Crippen MR) is 92.6 cm³/mol. The Balaban J connectivity index is 0.000000612. The van der Waals surface area contributed by atoms with E-state index in [9.17, 15) is 0 Å². The van der Waals surface area contributed by atoms with Crippen LogP contribution in [0.2, 0.25) is 0 Å². The molecule has 2 nitrogen and oxygen atoms in total. The van der Waals surface area contributed by atoms with Crippen LogP contribution in [0.25, 0.3) is 5.32 Å². The van der Waals surface area contributed by atoms with Gasteiger partial charge in [-0.1, -0.05) is 56.4 Å². The van der Waals surface area contributed by atoms with Crippen LogP contribution in [0.5, 0.6) is 0 Å². The molecule has 2 atom stereocenters. The maximum atomic E-state index is 5.94. The van der Waals surface area contributed by atoms with E-state index in [0.29, 0.717) is 5.92 Å². The van der Waals surface area contributed by atoms with Gasteiger partial charge in [0, 0.05) is 0 Å². The number of aliphatic imine (C=N–C) groups is 1. The van der Waals surface area contributed by atoms with Gasteiger partial charge in [0.15, 0.2) is 0 Å². The van der Waals surface area contributed by atoms with E-state index >= 15 is 0 Å². The topological polar surface area (TPSA) is 26.5 Å². The third kappa shape index (κ3) is 6.57. The number of rotatable bonds is 3. The zero-order valence-corrected chi connectivity index (χ0v) is 16.3. The van der Waals surface area contributed by atoms with Crippen molar-refractivity contribution in [2.24, 2.45) is 4.99 Å². The third-order valence-corrected chi connectivity index (χ3v) is 3.33. The van der Waals surface area contributed by atoms with Crippen molar-refractivity contribution in [3.63, 3.8) is 0 Å². The van der Waals surface area contributed by atoms with Crippen LogP contribution in [0.1, 0.15) is 38.2 Å². The van der Waals surface area contributed by atoms with Crippen LogP contribution in [-0.2, 0) is 10.9 Å². The van der Waals surface area contributed by atoms with Crippen molar-refractivity contribution in [2.45, 2.75) is 44.1 Å². The van der Waals surface area contributed by atoms with E-state index in [2.05, 4.69) is 70.8 Å². The standard InChI is InChI=1S/C14H18ClN2.2BrH.Ni/c1-10(2)12-5-3-4-6-13(12)16-9-11-7-8-14(15)17-11;;;/h3-6,9-11,14H,7-8H2,1-2H3;2*1H;/q-1;;;+3/p-2. The summed E-state index contributed by atoms with van der Waals surface area (Å²) in [5, 5.41) is 4.39. The molecule has 0 spiro atoms. The van der Waals surface area contributed by atoms with E-state index < -0.39 is 0 Å². The zero-order valence-electron chi connectivity index (χ0n) is 11.4. The summed E-state index contributed by atoms with van der Waals surface area (Å²) in [5.41, 5.74) is 2.31. The summed E-state index contributed by atoms with van der Waals surface area (Å²) in [5.74, 6) is 0.490. The average molecular weight is 468 g/mol. The quantitative estimate of drug-likeness (QED) is 0.216. The van der Waals surface area contributed by atoms with E-state index in [1.54, 1.807) is 0 Å². The normalized spacial score (nSPS) is 22.3. The molecule has 0 bridgehead atoms. The van der Waals surface area contributed by atoms with Crippen molar-refractivity contribution in [3.05, 3.63) is 35.1 Å². The molecule has 0 aromatic heterocycles. The molecule has 0 amide bonds. The second-order valence-electron chi connectivity index (χ2n) is 4.77. The Morgan fingerprint density at radius 3 is 2.55 bits per heavy atom. The number of hydrogen-bond donors (Lipinski definition) is 0. The van der Waals surface area contributed by atoms with E-state index in [1.165, 1.54) is 16.5 Å². The number of benzene rings is 1. The van der Waals surface area contributed by atoms with E-state index in [0.717, 1.165) is 18.5 Å². The van der Waals surface area contributed by atoms with Crippen LogP contribution in [0, 0.1) is 0 Å². The zero-order chi connectivity index (χ0) is 15.0. The molecule has 6 heteroatoms. The fourth-order valence-corrected chi connectivity index (χ4v) is 2.31. The molecule has 20 heavy (non-hydrogen) atoms. The molecule has 1 aromatic carbocycles. The molecule has 1 fully saturated rings. The van der Waals surface area contributed by atoms with Crippen molar-refractivity contribution in [3.8, 4) is 0 Å². The molecule has 2 unspecified atom stereocenters. The van der Waals surface area contributed by atoms with Gasteiger partial charge in [-0.25, -0.2) is 0 Å². The molecule has 1 aliphatic heterocycles. The molecule has 0 N–H and O–H groups in total. The van der Waals surface area contributed by atoms with Gasteiger partial charge in [0.25, 0.3) is 0 Å².